The predicted octanol–water partition coefficient (Wildman–Crippen LogP) is 4.16. The Morgan fingerprint density at radius 1 is 1.19 bits per heavy atom. The molecule has 0 aliphatic heterocycles. The molecular weight excluding hydrogens is 360 g/mol. The first kappa shape index (κ1) is 17.6. The van der Waals surface area contributed by atoms with Gasteiger partial charge in [-0.1, -0.05) is 42.1 Å². The smallest absolute Gasteiger partial charge is 0.242 e. The zero-order valence-corrected chi connectivity index (χ0v) is 15.7. The molecule has 1 aliphatic carbocycles. The van der Waals surface area contributed by atoms with Crippen LogP contribution in [-0.2, 0) is 4.79 Å². The van der Waals surface area contributed by atoms with Crippen molar-refractivity contribution in [3.63, 3.8) is 0 Å². The number of methoxy groups -OCH3 is 1. The van der Waals surface area contributed by atoms with Crippen LogP contribution in [0.15, 0.2) is 59.8 Å². The lowest BCUT2D eigenvalue weighted by Gasteiger charge is -2.15. The molecule has 0 bridgehead atoms. The average molecular weight is 380 g/mol. The molecule has 2 aromatic carbocycles. The molecule has 0 spiro atoms. The molecule has 7 heteroatoms. The Balaban J connectivity index is 1.53. The van der Waals surface area contributed by atoms with E-state index in [1.54, 1.807) is 7.11 Å². The molecule has 6 nitrogen and oxygen atoms in total. The topological polar surface area (TPSA) is 79.9 Å². The number of H-pyrrole nitrogens is 1. The number of hydrogen-bond acceptors (Lipinski definition) is 5. The molecule has 1 heterocycles. The van der Waals surface area contributed by atoms with Crippen LogP contribution in [-0.4, -0.2) is 28.2 Å². The molecule has 1 fully saturated rings. The second-order valence-electron chi connectivity index (χ2n) is 6.40. The molecule has 2 N–H and O–H groups in total. The van der Waals surface area contributed by atoms with Gasteiger partial charge in [-0.3, -0.25) is 9.89 Å². The van der Waals surface area contributed by atoms with E-state index in [1.165, 1.54) is 11.8 Å². The average Bonchev–Trinajstić information content (AvgIpc) is 3.46. The van der Waals surface area contributed by atoms with Crippen molar-refractivity contribution >= 4 is 23.4 Å². The Morgan fingerprint density at radius 2 is 1.93 bits per heavy atom. The summed E-state index contributed by atoms with van der Waals surface area (Å²) < 4.78 is 5.16. The Morgan fingerprint density at radius 3 is 2.59 bits per heavy atom. The van der Waals surface area contributed by atoms with Gasteiger partial charge in [0.2, 0.25) is 11.1 Å². The highest BCUT2D eigenvalue weighted by Gasteiger charge is 2.29. The standard InChI is InChI=1S/C20H20N4O2S/c1-26-16-11-9-15(10-12-16)21-19(25)17(13-5-3-2-4-6-13)27-20-22-18(23-24-20)14-7-8-14/h2-6,9-12,14,17H,7-8H2,1H3,(H,21,25)(H,22,23,24). The van der Waals surface area contributed by atoms with E-state index in [1.807, 2.05) is 54.6 Å². The monoisotopic (exact) mass is 380 g/mol. The number of hydrogen-bond donors (Lipinski definition) is 2. The fraction of sp³-hybridized carbons (Fsp3) is 0.250. The van der Waals surface area contributed by atoms with E-state index in [9.17, 15) is 4.79 Å². The molecule has 1 unspecified atom stereocenters. The number of nitrogens with one attached hydrogen (secondary N) is 2. The Hall–Kier alpha value is -2.80. The lowest BCUT2D eigenvalue weighted by molar-refractivity contribution is -0.115. The van der Waals surface area contributed by atoms with Gasteiger partial charge < -0.3 is 10.1 Å². The summed E-state index contributed by atoms with van der Waals surface area (Å²) in [5.74, 6) is 2.04. The van der Waals surface area contributed by atoms with Crippen molar-refractivity contribution in [2.75, 3.05) is 12.4 Å². The summed E-state index contributed by atoms with van der Waals surface area (Å²) in [5.41, 5.74) is 1.63. The molecule has 0 radical (unpaired) electrons. The summed E-state index contributed by atoms with van der Waals surface area (Å²) in [6.07, 6.45) is 2.30. The molecule has 27 heavy (non-hydrogen) atoms. The van der Waals surface area contributed by atoms with E-state index in [2.05, 4.69) is 20.5 Å². The Bertz CT molecular complexity index is 907. The Kier molecular flexibility index (Phi) is 5.11. The van der Waals surface area contributed by atoms with Crippen molar-refractivity contribution in [1.82, 2.24) is 15.2 Å². The number of ether oxygens (including phenoxy) is 1. The highest BCUT2D eigenvalue weighted by molar-refractivity contribution is 8.00. The maximum absolute atomic E-state index is 13.0. The molecule has 138 valence electrons. The summed E-state index contributed by atoms with van der Waals surface area (Å²) in [4.78, 5) is 17.5. The highest BCUT2D eigenvalue weighted by Crippen LogP contribution is 2.40. The van der Waals surface area contributed by atoms with E-state index >= 15 is 0 Å². The van der Waals surface area contributed by atoms with Crippen LogP contribution in [0.2, 0.25) is 0 Å². The largest absolute Gasteiger partial charge is 0.497 e. The van der Waals surface area contributed by atoms with Crippen molar-refractivity contribution in [2.24, 2.45) is 0 Å². The maximum atomic E-state index is 13.0. The van der Waals surface area contributed by atoms with Crippen LogP contribution >= 0.6 is 11.8 Å². The van der Waals surface area contributed by atoms with Gasteiger partial charge >= 0.3 is 0 Å². The van der Waals surface area contributed by atoms with Gasteiger partial charge in [0, 0.05) is 11.6 Å². The molecule has 1 saturated carbocycles. The summed E-state index contributed by atoms with van der Waals surface area (Å²) in [7, 11) is 1.61. The first-order chi connectivity index (χ1) is 13.2. The fourth-order valence-electron chi connectivity index (χ4n) is 2.74. The number of carbonyl (C=O) groups excluding carboxylic acids is 1. The van der Waals surface area contributed by atoms with Gasteiger partial charge in [0.05, 0.1) is 7.11 Å². The van der Waals surface area contributed by atoms with Gasteiger partial charge in [-0.05, 0) is 42.7 Å². The number of benzene rings is 2. The quantitative estimate of drug-likeness (QED) is 0.602. The van der Waals surface area contributed by atoms with Gasteiger partial charge in [0.1, 0.15) is 16.8 Å². The number of anilines is 1. The molecule has 0 saturated heterocycles. The number of nitrogens with zero attached hydrogens (tertiary/aromatic N) is 2. The maximum Gasteiger partial charge on any atom is 0.242 e. The number of carbonyl (C=O) groups is 1. The zero-order valence-electron chi connectivity index (χ0n) is 14.9. The van der Waals surface area contributed by atoms with Crippen LogP contribution in [0.25, 0.3) is 0 Å². The van der Waals surface area contributed by atoms with Gasteiger partial charge in [-0.25, -0.2) is 4.98 Å². The Labute approximate surface area is 161 Å². The minimum Gasteiger partial charge on any atom is -0.497 e. The third kappa shape index (κ3) is 4.31. The van der Waals surface area contributed by atoms with Gasteiger partial charge in [0.15, 0.2) is 0 Å². The summed E-state index contributed by atoms with van der Waals surface area (Å²) in [6, 6.07) is 17.0. The normalized spacial score (nSPS) is 14.6. The third-order valence-corrected chi connectivity index (χ3v) is 5.48. The fourth-order valence-corrected chi connectivity index (χ4v) is 3.66. The first-order valence-electron chi connectivity index (χ1n) is 8.82. The second kappa shape index (κ2) is 7.84. The lowest BCUT2D eigenvalue weighted by atomic mass is 10.1. The molecular formula is C20H20N4O2S. The molecule has 1 aliphatic rings. The summed E-state index contributed by atoms with van der Waals surface area (Å²) >= 11 is 1.35. The van der Waals surface area contributed by atoms with Crippen LogP contribution < -0.4 is 10.1 Å². The summed E-state index contributed by atoms with van der Waals surface area (Å²) in [6.45, 7) is 0. The van der Waals surface area contributed by atoms with E-state index < -0.39 is 5.25 Å². The van der Waals surface area contributed by atoms with E-state index in [0.29, 0.717) is 11.1 Å². The first-order valence-corrected chi connectivity index (χ1v) is 9.69. The van der Waals surface area contributed by atoms with Gasteiger partial charge in [-0.2, -0.15) is 0 Å². The predicted molar refractivity (Wildman–Crippen MR) is 105 cm³/mol. The highest BCUT2D eigenvalue weighted by atomic mass is 32.2. The van der Waals surface area contributed by atoms with Crippen molar-refractivity contribution in [2.45, 2.75) is 29.2 Å². The zero-order chi connectivity index (χ0) is 18.6. The number of amides is 1. The van der Waals surface area contributed by atoms with Crippen molar-refractivity contribution in [3.8, 4) is 5.75 Å². The van der Waals surface area contributed by atoms with E-state index in [0.717, 1.165) is 35.7 Å². The van der Waals surface area contributed by atoms with E-state index in [4.69, 9.17) is 4.74 Å². The summed E-state index contributed by atoms with van der Waals surface area (Å²) in [5, 5.41) is 10.4. The number of aromatic nitrogens is 3. The SMILES string of the molecule is COc1ccc(NC(=O)C(Sc2n[nH]c(C3CC3)n2)c2ccccc2)cc1. The minimum absolute atomic E-state index is 0.117. The third-order valence-electron chi connectivity index (χ3n) is 4.37. The lowest BCUT2D eigenvalue weighted by Crippen LogP contribution is -2.19. The van der Waals surface area contributed by atoms with Crippen LogP contribution in [0, 0.1) is 0 Å². The molecule has 4 rings (SSSR count). The van der Waals surface area contributed by atoms with Crippen LogP contribution in [0.1, 0.15) is 35.4 Å². The van der Waals surface area contributed by atoms with Crippen LogP contribution in [0.5, 0.6) is 5.75 Å². The number of thioether (sulfide) groups is 1. The second-order valence-corrected chi connectivity index (χ2v) is 7.48. The minimum atomic E-state index is -0.448. The number of rotatable bonds is 7. The molecule has 3 aromatic rings. The molecule has 1 atom stereocenters. The van der Waals surface area contributed by atoms with Crippen LogP contribution in [0.4, 0.5) is 5.69 Å². The van der Waals surface area contributed by atoms with Gasteiger partial charge in [0.25, 0.3) is 0 Å². The van der Waals surface area contributed by atoms with Crippen molar-refractivity contribution in [1.29, 1.82) is 0 Å². The van der Waals surface area contributed by atoms with E-state index in [-0.39, 0.29) is 5.91 Å². The van der Waals surface area contributed by atoms with Gasteiger partial charge in [-0.15, -0.1) is 5.10 Å². The van der Waals surface area contributed by atoms with Crippen LogP contribution in [0.3, 0.4) is 0 Å². The number of aromatic amines is 1. The van der Waals surface area contributed by atoms with Crippen molar-refractivity contribution < 1.29 is 9.53 Å². The molecule has 1 amide bonds. The van der Waals surface area contributed by atoms with Crippen molar-refractivity contribution in [3.05, 3.63) is 66.0 Å². The molecule has 1 aromatic heterocycles.